The van der Waals surface area contributed by atoms with E-state index in [-0.39, 0.29) is 18.6 Å². The Kier molecular flexibility index (Phi) is 12.1. The first kappa shape index (κ1) is 35.1. The maximum Gasteiger partial charge on any atom is 0.330 e. The van der Waals surface area contributed by atoms with Gasteiger partial charge in [0.25, 0.3) is 5.91 Å². The van der Waals surface area contributed by atoms with Crippen LogP contribution in [0.2, 0.25) is 0 Å². The summed E-state index contributed by atoms with van der Waals surface area (Å²) in [5.74, 6) is -1.45. The van der Waals surface area contributed by atoms with Crippen LogP contribution < -0.4 is 16.0 Å². The van der Waals surface area contributed by atoms with Gasteiger partial charge in [0.1, 0.15) is 0 Å². The van der Waals surface area contributed by atoms with E-state index in [9.17, 15) is 24.4 Å². The Hall–Kier alpha value is -6.20. The highest BCUT2D eigenvalue weighted by molar-refractivity contribution is 6.02. The number of hydrogen-bond acceptors (Lipinski definition) is 6. The van der Waals surface area contributed by atoms with Crippen molar-refractivity contribution in [1.82, 2.24) is 15.3 Å². The molecule has 5 amide bonds. The number of anilines is 2. The van der Waals surface area contributed by atoms with Gasteiger partial charge in [-0.1, -0.05) is 97.1 Å². The van der Waals surface area contributed by atoms with Crippen molar-refractivity contribution in [1.29, 1.82) is 0 Å². The van der Waals surface area contributed by atoms with E-state index in [2.05, 4.69) is 20.7 Å². The minimum absolute atomic E-state index is 0.0128. The molecular formula is C39H39N5O6. The molecule has 4 N–H and O–H groups in total. The number of rotatable bonds is 13. The van der Waals surface area contributed by atoms with Gasteiger partial charge in [-0.05, 0) is 46.9 Å². The standard InChI is InChI=1S/C39H39N5O6/c1-50-37(46)23-22-36(45)44(49)25-7-6-24-43(39(48)42-35-17-9-13-31-11-3-5-15-33(31)35)27-29-20-18-28(19-21-29)26-40-38(47)41-34-16-8-12-30-10-2-4-14-32(30)34/h2-5,8-23,49H,6-7,24-27H2,1H3,(H,42,48)(H2,40,41,47). The number of fused-ring (bicyclic) bond motifs is 2. The highest BCUT2D eigenvalue weighted by Gasteiger charge is 2.17. The fourth-order valence-corrected chi connectivity index (χ4v) is 5.42. The van der Waals surface area contributed by atoms with Gasteiger partial charge in [-0.15, -0.1) is 0 Å². The highest BCUT2D eigenvalue weighted by atomic mass is 16.5. The molecule has 50 heavy (non-hydrogen) atoms. The van der Waals surface area contributed by atoms with Crippen LogP contribution >= 0.6 is 0 Å². The summed E-state index contributed by atoms with van der Waals surface area (Å²) in [6.45, 7) is 0.968. The van der Waals surface area contributed by atoms with E-state index in [4.69, 9.17) is 0 Å². The highest BCUT2D eigenvalue weighted by Crippen LogP contribution is 2.24. The Balaban J connectivity index is 1.20. The van der Waals surface area contributed by atoms with Crippen LogP contribution in [-0.4, -0.2) is 59.3 Å². The van der Waals surface area contributed by atoms with Crippen molar-refractivity contribution in [3.8, 4) is 0 Å². The number of esters is 1. The third-order valence-corrected chi connectivity index (χ3v) is 8.07. The van der Waals surface area contributed by atoms with Gasteiger partial charge < -0.3 is 25.6 Å². The second kappa shape index (κ2) is 17.3. The molecule has 0 aliphatic heterocycles. The minimum Gasteiger partial charge on any atom is -0.466 e. The fraction of sp³-hybridized carbons (Fsp3) is 0.179. The normalized spacial score (nSPS) is 10.9. The predicted molar refractivity (Wildman–Crippen MR) is 194 cm³/mol. The van der Waals surface area contributed by atoms with E-state index in [1.807, 2.05) is 109 Å². The first-order chi connectivity index (χ1) is 24.3. The molecule has 0 aliphatic rings. The molecule has 0 saturated heterocycles. The largest absolute Gasteiger partial charge is 0.466 e. The Morgan fingerprint density at radius 2 is 1.24 bits per heavy atom. The van der Waals surface area contributed by atoms with Crippen LogP contribution in [0.4, 0.5) is 21.0 Å². The number of benzene rings is 5. The Labute approximate surface area is 290 Å². The minimum atomic E-state index is -0.749. The third-order valence-electron chi connectivity index (χ3n) is 8.07. The predicted octanol–water partition coefficient (Wildman–Crippen LogP) is 7.08. The number of methoxy groups -OCH3 is 1. The molecule has 256 valence electrons. The molecule has 0 spiro atoms. The summed E-state index contributed by atoms with van der Waals surface area (Å²) in [6, 6.07) is 34.2. The monoisotopic (exact) mass is 673 g/mol. The quantitative estimate of drug-likeness (QED) is 0.0346. The van der Waals surface area contributed by atoms with Gasteiger partial charge >= 0.3 is 18.0 Å². The van der Waals surface area contributed by atoms with Crippen molar-refractivity contribution < 1.29 is 29.1 Å². The van der Waals surface area contributed by atoms with Crippen molar-refractivity contribution in [3.63, 3.8) is 0 Å². The van der Waals surface area contributed by atoms with Crippen LogP contribution in [0.5, 0.6) is 0 Å². The second-order valence-corrected chi connectivity index (χ2v) is 11.6. The summed E-state index contributed by atoms with van der Waals surface area (Å²) >= 11 is 0. The molecule has 5 rings (SSSR count). The van der Waals surface area contributed by atoms with Crippen LogP contribution in [0.1, 0.15) is 24.0 Å². The van der Waals surface area contributed by atoms with Crippen LogP contribution in [0.15, 0.2) is 121 Å². The van der Waals surface area contributed by atoms with E-state index >= 15 is 0 Å². The average molecular weight is 674 g/mol. The number of hydroxylamine groups is 2. The molecule has 0 radical (unpaired) electrons. The molecule has 0 saturated carbocycles. The Bertz CT molecular complexity index is 1980. The van der Waals surface area contributed by atoms with E-state index in [0.717, 1.165) is 50.5 Å². The average Bonchev–Trinajstić information content (AvgIpc) is 3.14. The van der Waals surface area contributed by atoms with Gasteiger partial charge in [-0.25, -0.2) is 19.4 Å². The number of unbranched alkanes of at least 4 members (excludes halogenated alkanes) is 1. The summed E-state index contributed by atoms with van der Waals surface area (Å²) in [4.78, 5) is 51.3. The Morgan fingerprint density at radius 3 is 1.88 bits per heavy atom. The van der Waals surface area contributed by atoms with E-state index in [1.54, 1.807) is 4.90 Å². The van der Waals surface area contributed by atoms with Gasteiger partial charge in [0.2, 0.25) is 0 Å². The van der Waals surface area contributed by atoms with Crippen LogP contribution in [0.3, 0.4) is 0 Å². The molecule has 11 heteroatoms. The molecular weight excluding hydrogens is 634 g/mol. The number of ether oxygens (including phenoxy) is 1. The lowest BCUT2D eigenvalue weighted by atomic mass is 10.1. The molecule has 0 unspecified atom stereocenters. The number of carbonyl (C=O) groups excluding carboxylic acids is 4. The van der Waals surface area contributed by atoms with Gasteiger partial charge in [0.15, 0.2) is 0 Å². The summed E-state index contributed by atoms with van der Waals surface area (Å²) in [5.41, 5.74) is 3.19. The zero-order valence-corrected chi connectivity index (χ0v) is 27.7. The van der Waals surface area contributed by atoms with Crippen molar-refractivity contribution >= 4 is 56.9 Å². The second-order valence-electron chi connectivity index (χ2n) is 11.6. The molecule has 5 aromatic carbocycles. The molecule has 11 nitrogen and oxygen atoms in total. The van der Waals surface area contributed by atoms with Crippen molar-refractivity contribution in [2.45, 2.75) is 25.9 Å². The molecule has 0 bridgehead atoms. The molecule has 0 aliphatic carbocycles. The van der Waals surface area contributed by atoms with Gasteiger partial charge in [-0.3, -0.25) is 10.0 Å². The zero-order chi connectivity index (χ0) is 35.3. The SMILES string of the molecule is COC(=O)C=CC(=O)N(O)CCCCN(Cc1ccc(CNC(=O)Nc2cccc3ccccc23)cc1)C(=O)Nc1cccc2ccccc12. The van der Waals surface area contributed by atoms with E-state index < -0.39 is 11.9 Å². The molecule has 5 aromatic rings. The lowest BCUT2D eigenvalue weighted by Crippen LogP contribution is -2.36. The fourth-order valence-electron chi connectivity index (χ4n) is 5.42. The maximum atomic E-state index is 13.6. The van der Waals surface area contributed by atoms with Crippen LogP contribution in [0.25, 0.3) is 21.5 Å². The first-order valence-electron chi connectivity index (χ1n) is 16.2. The third kappa shape index (κ3) is 9.68. The molecule has 0 aromatic heterocycles. The van der Waals surface area contributed by atoms with Crippen molar-refractivity contribution in [3.05, 3.63) is 132 Å². The van der Waals surface area contributed by atoms with Crippen LogP contribution in [0, 0.1) is 0 Å². The lowest BCUT2D eigenvalue weighted by molar-refractivity contribution is -0.159. The zero-order valence-electron chi connectivity index (χ0n) is 27.7. The summed E-state index contributed by atoms with van der Waals surface area (Å²) in [7, 11) is 1.19. The molecule has 0 atom stereocenters. The van der Waals surface area contributed by atoms with Gasteiger partial charge in [0, 0.05) is 49.1 Å². The summed E-state index contributed by atoms with van der Waals surface area (Å²) in [5, 5.41) is 23.4. The number of nitrogens with one attached hydrogen (secondary N) is 3. The number of urea groups is 2. The number of nitrogens with zero attached hydrogens (tertiary/aromatic N) is 2. The van der Waals surface area contributed by atoms with Crippen molar-refractivity contribution in [2.75, 3.05) is 30.8 Å². The smallest absolute Gasteiger partial charge is 0.330 e. The number of hydrogen-bond donors (Lipinski definition) is 4. The maximum absolute atomic E-state index is 13.6. The molecule has 0 heterocycles. The first-order valence-corrected chi connectivity index (χ1v) is 16.2. The summed E-state index contributed by atoms with van der Waals surface area (Å²) < 4.78 is 4.46. The number of carbonyl (C=O) groups is 4. The topological polar surface area (TPSA) is 140 Å². The number of amides is 5. The van der Waals surface area contributed by atoms with E-state index in [0.29, 0.717) is 43.2 Å². The van der Waals surface area contributed by atoms with Crippen molar-refractivity contribution in [2.24, 2.45) is 0 Å². The summed E-state index contributed by atoms with van der Waals surface area (Å²) in [6.07, 6.45) is 2.76. The van der Waals surface area contributed by atoms with Crippen LogP contribution in [-0.2, 0) is 27.4 Å². The lowest BCUT2D eigenvalue weighted by Gasteiger charge is -2.24. The van der Waals surface area contributed by atoms with Gasteiger partial charge in [0.05, 0.1) is 18.5 Å². The van der Waals surface area contributed by atoms with E-state index in [1.165, 1.54) is 7.11 Å². The molecule has 0 fully saturated rings. The Morgan fingerprint density at radius 1 is 0.680 bits per heavy atom. The van der Waals surface area contributed by atoms with Gasteiger partial charge in [-0.2, -0.15) is 0 Å².